The summed E-state index contributed by atoms with van der Waals surface area (Å²) in [4.78, 5) is 15.2. The SMILES string of the molecule is O=Cc1ccc2cc(I)n(S(=O)(=O)c3ccccc3)c2n1. The molecule has 0 aliphatic carbocycles. The number of fused-ring (bicyclic) bond motifs is 1. The van der Waals surface area contributed by atoms with Crippen molar-refractivity contribution < 1.29 is 13.2 Å². The summed E-state index contributed by atoms with van der Waals surface area (Å²) < 4.78 is 27.2. The Hall–Kier alpha value is -1.74. The van der Waals surface area contributed by atoms with Gasteiger partial charge >= 0.3 is 0 Å². The third-order valence-corrected chi connectivity index (χ3v) is 5.83. The quantitative estimate of drug-likeness (QED) is 0.490. The molecule has 0 unspecified atom stereocenters. The summed E-state index contributed by atoms with van der Waals surface area (Å²) in [6, 6.07) is 13.1. The summed E-state index contributed by atoms with van der Waals surface area (Å²) >= 11 is 1.94. The van der Waals surface area contributed by atoms with Crippen LogP contribution in [0.3, 0.4) is 0 Å². The molecule has 0 saturated heterocycles. The number of halogens is 1. The van der Waals surface area contributed by atoms with Crippen molar-refractivity contribution in [1.29, 1.82) is 0 Å². The zero-order chi connectivity index (χ0) is 15.0. The predicted molar refractivity (Wildman–Crippen MR) is 86.9 cm³/mol. The predicted octanol–water partition coefficient (Wildman–Crippen LogP) is 2.69. The summed E-state index contributed by atoms with van der Waals surface area (Å²) in [5.74, 6) is 0. The summed E-state index contributed by atoms with van der Waals surface area (Å²) in [6.07, 6.45) is 0.596. The van der Waals surface area contributed by atoms with Gasteiger partial charge in [0.25, 0.3) is 10.0 Å². The van der Waals surface area contributed by atoms with E-state index in [1.807, 2.05) is 22.6 Å². The molecule has 0 aliphatic heterocycles. The molecule has 106 valence electrons. The molecule has 2 aromatic heterocycles. The monoisotopic (exact) mass is 412 g/mol. The molecule has 2 heterocycles. The van der Waals surface area contributed by atoms with Crippen molar-refractivity contribution in [1.82, 2.24) is 8.96 Å². The second-order valence-electron chi connectivity index (χ2n) is 4.32. The van der Waals surface area contributed by atoms with Gasteiger partial charge in [0.05, 0.1) is 8.60 Å². The number of hydrogen-bond acceptors (Lipinski definition) is 4. The fraction of sp³-hybridized carbons (Fsp3) is 0. The van der Waals surface area contributed by atoms with Crippen LogP contribution in [0.2, 0.25) is 0 Å². The molecule has 0 aliphatic rings. The highest BCUT2D eigenvalue weighted by Gasteiger charge is 2.22. The van der Waals surface area contributed by atoms with Crippen molar-refractivity contribution in [2.45, 2.75) is 4.90 Å². The van der Waals surface area contributed by atoms with Crippen LogP contribution in [0.15, 0.2) is 53.4 Å². The molecule has 0 bridgehead atoms. The van der Waals surface area contributed by atoms with Gasteiger partial charge in [0.1, 0.15) is 5.69 Å². The summed E-state index contributed by atoms with van der Waals surface area (Å²) in [5, 5.41) is 0.671. The largest absolute Gasteiger partial charge is 0.296 e. The highest BCUT2D eigenvalue weighted by molar-refractivity contribution is 14.1. The Morgan fingerprint density at radius 1 is 1.10 bits per heavy atom. The molecule has 0 radical (unpaired) electrons. The smallest absolute Gasteiger partial charge is 0.270 e. The van der Waals surface area contributed by atoms with Crippen LogP contribution < -0.4 is 0 Å². The Balaban J connectivity index is 2.34. The maximum absolute atomic E-state index is 12.8. The van der Waals surface area contributed by atoms with E-state index < -0.39 is 10.0 Å². The first-order valence-corrected chi connectivity index (χ1v) is 8.50. The highest BCUT2D eigenvalue weighted by Crippen LogP contribution is 2.25. The zero-order valence-electron chi connectivity index (χ0n) is 10.6. The average Bonchev–Trinajstić information content (AvgIpc) is 2.83. The van der Waals surface area contributed by atoms with Crippen LogP contribution in [0.4, 0.5) is 0 Å². The molecule has 1 aromatic carbocycles. The van der Waals surface area contributed by atoms with Gasteiger partial charge in [0.2, 0.25) is 0 Å². The number of benzene rings is 1. The third-order valence-electron chi connectivity index (χ3n) is 2.99. The Morgan fingerprint density at radius 2 is 1.81 bits per heavy atom. The van der Waals surface area contributed by atoms with Crippen LogP contribution in [-0.4, -0.2) is 23.7 Å². The molecule has 0 N–H and O–H groups in total. The number of aldehydes is 1. The van der Waals surface area contributed by atoms with Gasteiger partial charge in [-0.3, -0.25) is 4.79 Å². The first-order valence-electron chi connectivity index (χ1n) is 5.98. The van der Waals surface area contributed by atoms with E-state index in [0.717, 1.165) is 3.97 Å². The van der Waals surface area contributed by atoms with Crippen LogP contribution in [-0.2, 0) is 10.0 Å². The lowest BCUT2D eigenvalue weighted by Crippen LogP contribution is -2.15. The molecule has 7 heteroatoms. The van der Waals surface area contributed by atoms with Crippen molar-refractivity contribution in [2.24, 2.45) is 0 Å². The Morgan fingerprint density at radius 3 is 2.48 bits per heavy atom. The molecule has 3 aromatic rings. The van der Waals surface area contributed by atoms with E-state index in [1.165, 1.54) is 12.1 Å². The van der Waals surface area contributed by atoms with Crippen molar-refractivity contribution in [3.63, 3.8) is 0 Å². The van der Waals surface area contributed by atoms with E-state index in [2.05, 4.69) is 4.98 Å². The van der Waals surface area contributed by atoms with Crippen LogP contribution in [0.1, 0.15) is 10.5 Å². The molecule has 5 nitrogen and oxygen atoms in total. The van der Waals surface area contributed by atoms with Crippen molar-refractivity contribution in [2.75, 3.05) is 0 Å². The summed E-state index contributed by atoms with van der Waals surface area (Å²) in [7, 11) is -3.75. The standard InChI is InChI=1S/C14H9IN2O3S/c15-13-8-10-6-7-11(9-18)16-14(10)17(13)21(19,20)12-4-2-1-3-5-12/h1-9H. The average molecular weight is 412 g/mol. The van der Waals surface area contributed by atoms with Gasteiger partial charge in [-0.1, -0.05) is 18.2 Å². The van der Waals surface area contributed by atoms with Gasteiger partial charge in [0, 0.05) is 5.39 Å². The zero-order valence-corrected chi connectivity index (χ0v) is 13.6. The van der Waals surface area contributed by atoms with Crippen LogP contribution in [0.5, 0.6) is 0 Å². The molecule has 3 rings (SSSR count). The van der Waals surface area contributed by atoms with Crippen LogP contribution >= 0.6 is 22.6 Å². The van der Waals surface area contributed by atoms with E-state index in [9.17, 15) is 13.2 Å². The number of aromatic nitrogens is 2. The molecule has 0 spiro atoms. The molecule has 0 fully saturated rings. The lowest BCUT2D eigenvalue weighted by atomic mass is 10.3. The van der Waals surface area contributed by atoms with Gasteiger partial charge in [-0.25, -0.2) is 17.4 Å². The van der Waals surface area contributed by atoms with E-state index in [-0.39, 0.29) is 16.2 Å². The molecule has 0 atom stereocenters. The van der Waals surface area contributed by atoms with Crippen molar-refractivity contribution in [3.8, 4) is 0 Å². The second-order valence-corrected chi connectivity index (χ2v) is 7.21. The fourth-order valence-electron chi connectivity index (χ4n) is 2.03. The summed E-state index contributed by atoms with van der Waals surface area (Å²) in [5.41, 5.74) is 0.453. The van der Waals surface area contributed by atoms with E-state index in [1.54, 1.807) is 36.4 Å². The van der Waals surface area contributed by atoms with Crippen LogP contribution in [0, 0.1) is 3.70 Å². The van der Waals surface area contributed by atoms with Crippen molar-refractivity contribution >= 4 is 49.9 Å². The normalized spacial score (nSPS) is 11.7. The summed E-state index contributed by atoms with van der Waals surface area (Å²) in [6.45, 7) is 0. The Kier molecular flexibility index (Phi) is 3.54. The van der Waals surface area contributed by atoms with Gasteiger partial charge in [-0.05, 0) is 52.9 Å². The molecule has 21 heavy (non-hydrogen) atoms. The third kappa shape index (κ3) is 2.36. The Bertz CT molecular complexity index is 934. The van der Waals surface area contributed by atoms with Gasteiger partial charge < -0.3 is 0 Å². The van der Waals surface area contributed by atoms with E-state index in [4.69, 9.17) is 0 Å². The Labute approximate surface area is 134 Å². The van der Waals surface area contributed by atoms with E-state index >= 15 is 0 Å². The minimum Gasteiger partial charge on any atom is -0.296 e. The number of hydrogen-bond donors (Lipinski definition) is 0. The number of carbonyl (C=O) groups excluding carboxylic acids is 1. The maximum atomic E-state index is 12.8. The number of carbonyl (C=O) groups is 1. The topological polar surface area (TPSA) is 69.0 Å². The molecule has 0 amide bonds. The van der Waals surface area contributed by atoms with Crippen molar-refractivity contribution in [3.05, 3.63) is 57.9 Å². The lowest BCUT2D eigenvalue weighted by Gasteiger charge is -2.08. The minimum atomic E-state index is -3.75. The number of rotatable bonds is 3. The maximum Gasteiger partial charge on any atom is 0.270 e. The first kappa shape index (κ1) is 14.2. The lowest BCUT2D eigenvalue weighted by molar-refractivity contribution is 0.111. The molecular weight excluding hydrogens is 403 g/mol. The highest BCUT2D eigenvalue weighted by atomic mass is 127. The fourth-order valence-corrected chi connectivity index (χ4v) is 4.74. The molecular formula is C14H9IN2O3S. The van der Waals surface area contributed by atoms with Gasteiger partial charge in [-0.2, -0.15) is 0 Å². The minimum absolute atomic E-state index is 0.179. The number of nitrogens with zero attached hydrogens (tertiary/aromatic N) is 2. The second kappa shape index (κ2) is 5.23. The number of pyridine rings is 1. The van der Waals surface area contributed by atoms with Crippen LogP contribution in [0.25, 0.3) is 11.0 Å². The first-order chi connectivity index (χ1) is 10.0. The molecule has 0 saturated carbocycles. The van der Waals surface area contributed by atoms with Gasteiger partial charge in [-0.15, -0.1) is 0 Å². The van der Waals surface area contributed by atoms with E-state index in [0.29, 0.717) is 15.4 Å². The van der Waals surface area contributed by atoms with Gasteiger partial charge in [0.15, 0.2) is 11.9 Å².